The number of carbonyl (C=O) groups excluding carboxylic acids is 2. The Morgan fingerprint density at radius 1 is 1.09 bits per heavy atom. The second-order valence-corrected chi connectivity index (χ2v) is 9.25. The third kappa shape index (κ3) is 4.56. The van der Waals surface area contributed by atoms with Crippen molar-refractivity contribution < 1.29 is 14.3 Å². The Morgan fingerprint density at radius 2 is 1.91 bits per heavy atom. The number of hydrogen-bond donors (Lipinski definition) is 2. The number of anilines is 2. The largest absolute Gasteiger partial charge is 0.438 e. The standard InChI is InChI=1S/C23H22N6O3S/c1-12-4-7-16(10-17(12)25-23(31)21-13(2)24-14(3)33-21)32-20-9-8-19-26-18(11-29(19)28-20)27-22(30)15-5-6-15/h4,7-11,15H,5-6H2,1-3H3,(H,25,31)(H,27,30). The molecule has 2 amide bonds. The summed E-state index contributed by atoms with van der Waals surface area (Å²) in [4.78, 5) is 34.0. The van der Waals surface area contributed by atoms with Crippen molar-refractivity contribution in [2.45, 2.75) is 33.6 Å². The van der Waals surface area contributed by atoms with Gasteiger partial charge in [0.25, 0.3) is 5.91 Å². The van der Waals surface area contributed by atoms with Gasteiger partial charge in [-0.15, -0.1) is 16.4 Å². The Bertz CT molecular complexity index is 1390. The molecule has 5 rings (SSSR count). The van der Waals surface area contributed by atoms with Gasteiger partial charge in [-0.05, 0) is 51.3 Å². The number of aromatic nitrogens is 4. The number of thiazole rings is 1. The number of ether oxygens (including phenoxy) is 1. The zero-order chi connectivity index (χ0) is 23.1. The highest BCUT2D eigenvalue weighted by atomic mass is 32.1. The first-order chi connectivity index (χ1) is 15.9. The molecule has 0 aliphatic heterocycles. The number of amides is 2. The van der Waals surface area contributed by atoms with Gasteiger partial charge < -0.3 is 15.4 Å². The van der Waals surface area contributed by atoms with Crippen LogP contribution in [0.1, 0.15) is 38.8 Å². The Hall–Kier alpha value is -3.79. The van der Waals surface area contributed by atoms with Crippen molar-refractivity contribution in [3.05, 3.63) is 57.7 Å². The van der Waals surface area contributed by atoms with E-state index in [2.05, 4.69) is 25.7 Å². The maximum absolute atomic E-state index is 12.7. The van der Waals surface area contributed by atoms with E-state index in [1.807, 2.05) is 32.9 Å². The zero-order valence-corrected chi connectivity index (χ0v) is 19.2. The first-order valence-corrected chi connectivity index (χ1v) is 11.4. The van der Waals surface area contributed by atoms with Crippen LogP contribution >= 0.6 is 11.3 Å². The summed E-state index contributed by atoms with van der Waals surface area (Å²) in [5.41, 5.74) is 2.87. The third-order valence-electron chi connectivity index (χ3n) is 5.28. The van der Waals surface area contributed by atoms with Crippen LogP contribution in [0.4, 0.5) is 11.5 Å². The topological polar surface area (TPSA) is 111 Å². The van der Waals surface area contributed by atoms with Crippen molar-refractivity contribution in [1.82, 2.24) is 19.6 Å². The molecule has 0 unspecified atom stereocenters. The Kier molecular flexibility index (Phi) is 5.29. The molecular weight excluding hydrogens is 440 g/mol. The zero-order valence-electron chi connectivity index (χ0n) is 18.4. The highest BCUT2D eigenvalue weighted by molar-refractivity contribution is 7.13. The van der Waals surface area contributed by atoms with Crippen LogP contribution in [0.15, 0.2) is 36.5 Å². The summed E-state index contributed by atoms with van der Waals surface area (Å²) in [5, 5.41) is 11.0. The smallest absolute Gasteiger partial charge is 0.267 e. The maximum Gasteiger partial charge on any atom is 0.267 e. The van der Waals surface area contributed by atoms with Crippen LogP contribution in [-0.2, 0) is 4.79 Å². The summed E-state index contributed by atoms with van der Waals surface area (Å²) >= 11 is 1.37. The number of nitrogens with zero attached hydrogens (tertiary/aromatic N) is 4. The van der Waals surface area contributed by atoms with Crippen LogP contribution < -0.4 is 15.4 Å². The lowest BCUT2D eigenvalue weighted by atomic mass is 10.2. The quantitative estimate of drug-likeness (QED) is 0.436. The molecule has 2 N–H and O–H groups in total. The molecule has 9 nitrogen and oxygen atoms in total. The summed E-state index contributed by atoms with van der Waals surface area (Å²) in [6.45, 7) is 5.62. The van der Waals surface area contributed by atoms with E-state index in [-0.39, 0.29) is 17.7 Å². The van der Waals surface area contributed by atoms with Crippen LogP contribution in [0.2, 0.25) is 0 Å². The molecule has 0 radical (unpaired) electrons. The number of hydrogen-bond acceptors (Lipinski definition) is 7. The Morgan fingerprint density at radius 3 is 2.64 bits per heavy atom. The predicted molar refractivity (Wildman–Crippen MR) is 125 cm³/mol. The van der Waals surface area contributed by atoms with E-state index in [1.165, 1.54) is 11.3 Å². The number of carbonyl (C=O) groups is 2. The Balaban J connectivity index is 1.32. The predicted octanol–water partition coefficient (Wildman–Crippen LogP) is 4.50. The van der Waals surface area contributed by atoms with E-state index in [9.17, 15) is 9.59 Å². The second-order valence-electron chi connectivity index (χ2n) is 8.04. The van der Waals surface area contributed by atoms with Crippen molar-refractivity contribution in [2.75, 3.05) is 10.6 Å². The fourth-order valence-electron chi connectivity index (χ4n) is 3.39. The molecule has 0 bridgehead atoms. The van der Waals surface area contributed by atoms with Gasteiger partial charge in [-0.3, -0.25) is 9.59 Å². The third-order valence-corrected chi connectivity index (χ3v) is 6.36. The van der Waals surface area contributed by atoms with Gasteiger partial charge in [-0.1, -0.05) is 6.07 Å². The number of nitrogens with one attached hydrogen (secondary N) is 2. The summed E-state index contributed by atoms with van der Waals surface area (Å²) in [5.74, 6) is 1.25. The minimum absolute atomic E-state index is 0.00667. The van der Waals surface area contributed by atoms with Crippen molar-refractivity contribution >= 4 is 40.3 Å². The van der Waals surface area contributed by atoms with Crippen molar-refractivity contribution in [2.24, 2.45) is 5.92 Å². The molecule has 33 heavy (non-hydrogen) atoms. The van der Waals surface area contributed by atoms with E-state index in [0.717, 1.165) is 23.4 Å². The molecule has 0 spiro atoms. The van der Waals surface area contributed by atoms with Gasteiger partial charge in [0, 0.05) is 23.7 Å². The van der Waals surface area contributed by atoms with E-state index >= 15 is 0 Å². The molecule has 10 heteroatoms. The lowest BCUT2D eigenvalue weighted by Gasteiger charge is -2.11. The van der Waals surface area contributed by atoms with E-state index in [0.29, 0.717) is 39.4 Å². The fraction of sp³-hybridized carbons (Fsp3) is 0.261. The van der Waals surface area contributed by atoms with Crippen LogP contribution in [-0.4, -0.2) is 31.4 Å². The molecule has 0 saturated heterocycles. The average Bonchev–Trinajstić information content (AvgIpc) is 3.46. The molecule has 4 aromatic rings. The molecule has 1 fully saturated rings. The van der Waals surface area contributed by atoms with Gasteiger partial charge >= 0.3 is 0 Å². The van der Waals surface area contributed by atoms with Gasteiger partial charge in [-0.25, -0.2) is 14.5 Å². The number of imidazole rings is 1. The van der Waals surface area contributed by atoms with Gasteiger partial charge in [0.1, 0.15) is 10.6 Å². The number of fused-ring (bicyclic) bond motifs is 1. The summed E-state index contributed by atoms with van der Waals surface area (Å²) < 4.78 is 7.49. The molecule has 1 aromatic carbocycles. The average molecular weight is 463 g/mol. The number of aryl methyl sites for hydroxylation is 3. The monoisotopic (exact) mass is 462 g/mol. The lowest BCUT2D eigenvalue weighted by Crippen LogP contribution is -2.13. The highest BCUT2D eigenvalue weighted by Crippen LogP contribution is 2.30. The highest BCUT2D eigenvalue weighted by Gasteiger charge is 2.30. The number of benzene rings is 1. The van der Waals surface area contributed by atoms with Crippen LogP contribution in [0.3, 0.4) is 0 Å². The van der Waals surface area contributed by atoms with Crippen molar-refractivity contribution in [3.8, 4) is 11.6 Å². The summed E-state index contributed by atoms with van der Waals surface area (Å²) in [6.07, 6.45) is 3.51. The molecular formula is C23H22N6O3S. The molecule has 1 aliphatic rings. The van der Waals surface area contributed by atoms with Crippen LogP contribution in [0.25, 0.3) is 5.65 Å². The first-order valence-electron chi connectivity index (χ1n) is 10.6. The lowest BCUT2D eigenvalue weighted by molar-refractivity contribution is -0.117. The summed E-state index contributed by atoms with van der Waals surface area (Å²) in [7, 11) is 0. The molecule has 1 saturated carbocycles. The molecule has 3 heterocycles. The van der Waals surface area contributed by atoms with Crippen LogP contribution in [0, 0.1) is 26.7 Å². The maximum atomic E-state index is 12.7. The fourth-order valence-corrected chi connectivity index (χ4v) is 4.21. The molecule has 1 aliphatic carbocycles. The van der Waals surface area contributed by atoms with Gasteiger partial charge in [0.2, 0.25) is 11.8 Å². The number of rotatable bonds is 6. The van der Waals surface area contributed by atoms with Crippen molar-refractivity contribution in [1.29, 1.82) is 0 Å². The van der Waals surface area contributed by atoms with E-state index in [1.54, 1.807) is 28.9 Å². The summed E-state index contributed by atoms with van der Waals surface area (Å²) in [6, 6.07) is 8.92. The SMILES string of the molecule is Cc1nc(C)c(C(=O)Nc2cc(Oc3ccc4nc(NC(=O)C5CC5)cn4n3)ccc2C)s1. The van der Waals surface area contributed by atoms with E-state index < -0.39 is 0 Å². The van der Waals surface area contributed by atoms with E-state index in [4.69, 9.17) is 4.74 Å². The molecule has 3 aromatic heterocycles. The Labute approximate surface area is 193 Å². The van der Waals surface area contributed by atoms with Gasteiger partial charge in [0.05, 0.1) is 16.9 Å². The second kappa shape index (κ2) is 8.28. The minimum Gasteiger partial charge on any atom is -0.438 e. The van der Waals surface area contributed by atoms with Gasteiger partial charge in [-0.2, -0.15) is 0 Å². The normalized spacial score (nSPS) is 13.2. The molecule has 0 atom stereocenters. The van der Waals surface area contributed by atoms with Crippen molar-refractivity contribution in [3.63, 3.8) is 0 Å². The minimum atomic E-state index is -0.197. The first kappa shape index (κ1) is 21.1. The van der Waals surface area contributed by atoms with Crippen LogP contribution in [0.5, 0.6) is 11.6 Å². The van der Waals surface area contributed by atoms with Gasteiger partial charge in [0.15, 0.2) is 11.5 Å². The molecule has 168 valence electrons.